The second-order valence-electron chi connectivity index (χ2n) is 4.19. The molecule has 5 nitrogen and oxygen atoms in total. The number of rotatable bonds is 3. The van der Waals surface area contributed by atoms with Gasteiger partial charge in [0.2, 0.25) is 0 Å². The topological polar surface area (TPSA) is 65.0 Å². The maximum atomic E-state index is 11.0. The second-order valence-corrected chi connectivity index (χ2v) is 5.75. The number of oxime groups is 1. The van der Waals surface area contributed by atoms with Crippen molar-refractivity contribution in [2.45, 2.75) is 19.3 Å². The van der Waals surface area contributed by atoms with Gasteiger partial charge in [0.1, 0.15) is 5.75 Å². The van der Waals surface area contributed by atoms with E-state index in [1.165, 1.54) is 0 Å². The van der Waals surface area contributed by atoms with Gasteiger partial charge in [0, 0.05) is 5.56 Å². The molecule has 0 heterocycles. The Morgan fingerprint density at radius 3 is 2.72 bits per heavy atom. The Morgan fingerprint density at radius 1 is 1.28 bits per heavy atom. The molecular weight excluding hydrogens is 254 g/mol. The van der Waals surface area contributed by atoms with Crippen molar-refractivity contribution in [3.63, 3.8) is 0 Å². The zero-order valence-corrected chi connectivity index (χ0v) is 11.2. The number of ether oxygens (including phenoxy) is 1. The standard InChI is InChI=1S/C12H15NO4S/c1-16-10-7-6-9-4-3-5-12(11(9)8-10)13-17-18(2,14)15/h6-8H,3-5H2,1-2H3. The third kappa shape index (κ3) is 3.01. The van der Waals surface area contributed by atoms with Crippen LogP contribution in [0.2, 0.25) is 0 Å². The van der Waals surface area contributed by atoms with Gasteiger partial charge in [-0.15, -0.1) is 0 Å². The van der Waals surface area contributed by atoms with Gasteiger partial charge < -0.3 is 4.74 Å². The first-order valence-electron chi connectivity index (χ1n) is 5.62. The highest BCUT2D eigenvalue weighted by atomic mass is 32.2. The fourth-order valence-corrected chi connectivity index (χ4v) is 2.18. The largest absolute Gasteiger partial charge is 0.497 e. The first-order chi connectivity index (χ1) is 8.49. The Kier molecular flexibility index (Phi) is 3.56. The van der Waals surface area contributed by atoms with Crippen molar-refractivity contribution in [1.82, 2.24) is 0 Å². The van der Waals surface area contributed by atoms with E-state index in [1.807, 2.05) is 18.2 Å². The van der Waals surface area contributed by atoms with Gasteiger partial charge >= 0.3 is 10.1 Å². The Bertz CT molecular complexity index is 578. The van der Waals surface area contributed by atoms with E-state index < -0.39 is 10.1 Å². The van der Waals surface area contributed by atoms with E-state index in [2.05, 4.69) is 9.44 Å². The molecule has 1 aromatic carbocycles. The van der Waals surface area contributed by atoms with E-state index in [1.54, 1.807) is 7.11 Å². The maximum Gasteiger partial charge on any atom is 0.325 e. The van der Waals surface area contributed by atoms with Crippen LogP contribution in [0.1, 0.15) is 24.0 Å². The van der Waals surface area contributed by atoms with Gasteiger partial charge in [-0.25, -0.2) is 0 Å². The van der Waals surface area contributed by atoms with Gasteiger partial charge in [-0.3, -0.25) is 4.28 Å². The molecule has 18 heavy (non-hydrogen) atoms. The van der Waals surface area contributed by atoms with Gasteiger partial charge in [-0.2, -0.15) is 8.42 Å². The second kappa shape index (κ2) is 4.97. The van der Waals surface area contributed by atoms with Crippen molar-refractivity contribution >= 4 is 15.8 Å². The number of hydrogen-bond donors (Lipinski definition) is 0. The molecule has 0 spiro atoms. The minimum absolute atomic E-state index is 0.653. The average Bonchev–Trinajstić information content (AvgIpc) is 2.34. The molecule has 1 aromatic rings. The summed E-state index contributed by atoms with van der Waals surface area (Å²) in [6.45, 7) is 0. The van der Waals surface area contributed by atoms with Crippen LogP contribution >= 0.6 is 0 Å². The van der Waals surface area contributed by atoms with Gasteiger partial charge in [0.25, 0.3) is 0 Å². The number of fused-ring (bicyclic) bond motifs is 1. The Labute approximate surface area is 107 Å². The van der Waals surface area contributed by atoms with Crippen LogP contribution in [-0.4, -0.2) is 27.5 Å². The minimum Gasteiger partial charge on any atom is -0.497 e. The quantitative estimate of drug-likeness (QED) is 0.784. The number of hydrogen-bond acceptors (Lipinski definition) is 5. The number of aryl methyl sites for hydroxylation is 1. The lowest BCUT2D eigenvalue weighted by Crippen LogP contribution is -2.13. The monoisotopic (exact) mass is 269 g/mol. The van der Waals surface area contributed by atoms with Crippen LogP contribution in [0.15, 0.2) is 23.4 Å². The molecule has 0 radical (unpaired) electrons. The van der Waals surface area contributed by atoms with Crippen LogP contribution in [0.5, 0.6) is 5.75 Å². The Balaban J connectivity index is 2.37. The van der Waals surface area contributed by atoms with Crippen LogP contribution in [0.4, 0.5) is 0 Å². The molecule has 0 aromatic heterocycles. The zero-order valence-electron chi connectivity index (χ0n) is 10.3. The van der Waals surface area contributed by atoms with Crippen molar-refractivity contribution in [2.24, 2.45) is 5.16 Å². The van der Waals surface area contributed by atoms with Crippen molar-refractivity contribution in [3.05, 3.63) is 29.3 Å². The van der Waals surface area contributed by atoms with Crippen LogP contribution in [0.25, 0.3) is 0 Å². The van der Waals surface area contributed by atoms with E-state index in [0.29, 0.717) is 12.1 Å². The van der Waals surface area contributed by atoms with E-state index in [4.69, 9.17) is 4.74 Å². The number of methoxy groups -OCH3 is 1. The molecule has 98 valence electrons. The molecule has 0 saturated heterocycles. The number of nitrogens with zero attached hydrogens (tertiary/aromatic N) is 1. The summed E-state index contributed by atoms with van der Waals surface area (Å²) >= 11 is 0. The molecule has 0 fully saturated rings. The lowest BCUT2D eigenvalue weighted by Gasteiger charge is -2.17. The Morgan fingerprint density at radius 2 is 2.06 bits per heavy atom. The summed E-state index contributed by atoms with van der Waals surface area (Å²) in [5.41, 5.74) is 2.70. The fraction of sp³-hybridized carbons (Fsp3) is 0.417. The molecule has 1 aliphatic rings. The Hall–Kier alpha value is -1.56. The molecule has 0 N–H and O–H groups in total. The van der Waals surface area contributed by atoms with Crippen LogP contribution < -0.4 is 4.74 Å². The molecule has 1 aliphatic carbocycles. The molecule has 0 atom stereocenters. The highest BCUT2D eigenvalue weighted by Crippen LogP contribution is 2.26. The van der Waals surface area contributed by atoms with Crippen molar-refractivity contribution in [1.29, 1.82) is 0 Å². The van der Waals surface area contributed by atoms with Gasteiger partial charge in [-0.05, 0) is 37.0 Å². The van der Waals surface area contributed by atoms with Crippen LogP contribution in [0, 0.1) is 0 Å². The molecular formula is C12H15NO4S. The van der Waals surface area contributed by atoms with E-state index in [0.717, 1.165) is 36.0 Å². The van der Waals surface area contributed by atoms with Crippen LogP contribution in [0.3, 0.4) is 0 Å². The molecule has 0 saturated carbocycles. The fourth-order valence-electron chi connectivity index (χ4n) is 1.96. The van der Waals surface area contributed by atoms with Gasteiger partial charge in [0.15, 0.2) is 0 Å². The maximum absolute atomic E-state index is 11.0. The summed E-state index contributed by atoms with van der Waals surface area (Å²) in [6.07, 6.45) is 3.57. The van der Waals surface area contributed by atoms with E-state index >= 15 is 0 Å². The first-order valence-corrected chi connectivity index (χ1v) is 7.44. The SMILES string of the molecule is COc1ccc2c(c1)C(=NOS(C)(=O)=O)CCC2. The summed E-state index contributed by atoms with van der Waals surface area (Å²) in [7, 11) is -1.97. The minimum atomic E-state index is -3.56. The lowest BCUT2D eigenvalue weighted by molar-refractivity contribution is 0.341. The first kappa shape index (κ1) is 12.9. The molecule has 2 rings (SSSR count). The summed E-state index contributed by atoms with van der Waals surface area (Å²) in [5.74, 6) is 0.725. The van der Waals surface area contributed by atoms with Crippen molar-refractivity contribution in [2.75, 3.05) is 13.4 Å². The predicted molar refractivity (Wildman–Crippen MR) is 68.4 cm³/mol. The summed E-state index contributed by atoms with van der Waals surface area (Å²) < 4.78 is 31.6. The summed E-state index contributed by atoms with van der Waals surface area (Å²) in [4.78, 5) is 0. The average molecular weight is 269 g/mol. The highest BCUT2D eigenvalue weighted by molar-refractivity contribution is 7.85. The van der Waals surface area contributed by atoms with Gasteiger partial charge in [-0.1, -0.05) is 11.2 Å². The van der Waals surface area contributed by atoms with Gasteiger partial charge in [0.05, 0.1) is 19.1 Å². The lowest BCUT2D eigenvalue weighted by atomic mass is 9.90. The summed E-state index contributed by atoms with van der Waals surface area (Å²) in [5, 5.41) is 3.74. The normalized spacial score (nSPS) is 17.3. The molecule has 0 bridgehead atoms. The summed E-state index contributed by atoms with van der Waals surface area (Å²) in [6, 6.07) is 5.72. The third-order valence-electron chi connectivity index (χ3n) is 2.77. The van der Waals surface area contributed by atoms with E-state index in [9.17, 15) is 8.42 Å². The molecule has 0 unspecified atom stereocenters. The van der Waals surface area contributed by atoms with E-state index in [-0.39, 0.29) is 0 Å². The smallest absolute Gasteiger partial charge is 0.325 e. The third-order valence-corrected chi connectivity index (χ3v) is 3.12. The zero-order chi connectivity index (χ0) is 13.2. The number of benzene rings is 1. The predicted octanol–water partition coefficient (Wildman–Crippen LogP) is 1.71. The molecule has 6 heteroatoms. The van der Waals surface area contributed by atoms with Crippen molar-refractivity contribution < 1.29 is 17.4 Å². The van der Waals surface area contributed by atoms with Crippen LogP contribution in [-0.2, 0) is 20.8 Å². The molecule has 0 aliphatic heterocycles. The van der Waals surface area contributed by atoms with Crippen molar-refractivity contribution in [3.8, 4) is 5.75 Å². The highest BCUT2D eigenvalue weighted by Gasteiger charge is 2.17. The molecule has 0 amide bonds.